The summed E-state index contributed by atoms with van der Waals surface area (Å²) in [5, 5.41) is 13.3. The van der Waals surface area contributed by atoms with Crippen LogP contribution in [0.4, 0.5) is 0 Å². The maximum absolute atomic E-state index is 10.9. The lowest BCUT2D eigenvalue weighted by Crippen LogP contribution is -2.29. The van der Waals surface area contributed by atoms with Crippen LogP contribution in [-0.4, -0.2) is 37.4 Å². The van der Waals surface area contributed by atoms with Gasteiger partial charge in [0.05, 0.1) is 34.9 Å². The fraction of sp³-hybridized carbons (Fsp3) is 0.316. The van der Waals surface area contributed by atoms with Gasteiger partial charge in [-0.2, -0.15) is 0 Å². The molecule has 1 aliphatic rings. The Morgan fingerprint density at radius 3 is 2.59 bits per heavy atom. The number of halogens is 3. The molecule has 0 saturated carbocycles. The van der Waals surface area contributed by atoms with E-state index in [2.05, 4.69) is 5.32 Å². The molecule has 27 heavy (non-hydrogen) atoms. The van der Waals surface area contributed by atoms with Crippen molar-refractivity contribution in [1.29, 1.82) is 0 Å². The van der Waals surface area contributed by atoms with E-state index in [1.807, 2.05) is 12.1 Å². The van der Waals surface area contributed by atoms with E-state index in [1.165, 1.54) is 12.1 Å². The number of hydrogen-bond acceptors (Lipinski definition) is 4. The molecule has 5 nitrogen and oxygen atoms in total. The maximum atomic E-state index is 10.9. The van der Waals surface area contributed by atoms with Gasteiger partial charge in [-0.15, -0.1) is 12.4 Å². The smallest absolute Gasteiger partial charge is 0.335 e. The number of ether oxygens (including phenoxy) is 2. The molecule has 2 atom stereocenters. The summed E-state index contributed by atoms with van der Waals surface area (Å²) in [6.45, 7) is 2.51. The molecule has 0 spiro atoms. The number of hydrogen-bond donors (Lipinski definition) is 2. The number of aromatic carboxylic acids is 1. The van der Waals surface area contributed by atoms with Crippen LogP contribution in [0, 0.1) is 5.92 Å². The molecule has 2 N–H and O–H groups in total. The highest BCUT2D eigenvalue weighted by molar-refractivity contribution is 6.42. The molecule has 1 fully saturated rings. The molecular formula is C19H20Cl3NO4. The van der Waals surface area contributed by atoms with Gasteiger partial charge in [0, 0.05) is 19.0 Å². The van der Waals surface area contributed by atoms with Crippen LogP contribution in [0.15, 0.2) is 42.5 Å². The number of nitrogens with one attached hydrogen (secondary N) is 1. The van der Waals surface area contributed by atoms with Gasteiger partial charge in [-0.3, -0.25) is 0 Å². The van der Waals surface area contributed by atoms with Crippen LogP contribution in [0.25, 0.3) is 0 Å². The lowest BCUT2D eigenvalue weighted by Gasteiger charge is -2.25. The van der Waals surface area contributed by atoms with Crippen molar-refractivity contribution in [3.63, 3.8) is 0 Å². The molecule has 8 heteroatoms. The highest BCUT2D eigenvalue weighted by atomic mass is 35.5. The monoisotopic (exact) mass is 431 g/mol. The first-order chi connectivity index (χ1) is 12.5. The van der Waals surface area contributed by atoms with Crippen LogP contribution in [-0.2, 0) is 4.74 Å². The Morgan fingerprint density at radius 1 is 1.19 bits per heavy atom. The Hall–Kier alpha value is -1.50. The molecule has 146 valence electrons. The summed E-state index contributed by atoms with van der Waals surface area (Å²) in [7, 11) is 0. The van der Waals surface area contributed by atoms with Crippen LogP contribution in [0.2, 0.25) is 10.0 Å². The van der Waals surface area contributed by atoms with Gasteiger partial charge in [-0.25, -0.2) is 4.79 Å². The van der Waals surface area contributed by atoms with Gasteiger partial charge in [0.15, 0.2) is 0 Å². The molecule has 0 bridgehead atoms. The fourth-order valence-corrected chi connectivity index (χ4v) is 3.20. The zero-order valence-electron chi connectivity index (χ0n) is 14.4. The second kappa shape index (κ2) is 10.2. The molecule has 0 unspecified atom stereocenters. The van der Waals surface area contributed by atoms with Crippen molar-refractivity contribution in [2.75, 3.05) is 26.3 Å². The van der Waals surface area contributed by atoms with Crippen molar-refractivity contribution < 1.29 is 19.4 Å². The van der Waals surface area contributed by atoms with Crippen molar-refractivity contribution in [3.05, 3.63) is 63.6 Å². The van der Waals surface area contributed by atoms with E-state index in [-0.39, 0.29) is 30.0 Å². The van der Waals surface area contributed by atoms with Gasteiger partial charge in [-0.05, 0) is 42.0 Å². The third-order valence-corrected chi connectivity index (χ3v) is 4.99. The van der Waals surface area contributed by atoms with Gasteiger partial charge in [0.1, 0.15) is 5.75 Å². The number of carbonyl (C=O) groups is 1. The van der Waals surface area contributed by atoms with Crippen LogP contribution in [0.5, 0.6) is 5.75 Å². The topological polar surface area (TPSA) is 67.8 Å². The molecular weight excluding hydrogens is 413 g/mol. The molecule has 0 aliphatic carbocycles. The van der Waals surface area contributed by atoms with E-state index in [0.717, 1.165) is 18.7 Å². The lowest BCUT2D eigenvalue weighted by atomic mass is 9.96. The first-order valence-electron chi connectivity index (χ1n) is 8.28. The molecule has 0 radical (unpaired) electrons. The number of rotatable bonds is 5. The predicted octanol–water partition coefficient (Wildman–Crippen LogP) is 4.47. The third-order valence-electron chi connectivity index (χ3n) is 4.25. The van der Waals surface area contributed by atoms with E-state index in [0.29, 0.717) is 29.0 Å². The van der Waals surface area contributed by atoms with Gasteiger partial charge in [0.25, 0.3) is 0 Å². The molecule has 2 aromatic carbocycles. The minimum absolute atomic E-state index is 0. The molecule has 2 aromatic rings. The number of carboxylic acids is 1. The second-order valence-electron chi connectivity index (χ2n) is 6.07. The number of carboxylic acid groups (broad SMARTS) is 1. The summed E-state index contributed by atoms with van der Waals surface area (Å²) in [6, 6.07) is 11.9. The zero-order valence-corrected chi connectivity index (χ0v) is 16.7. The maximum Gasteiger partial charge on any atom is 0.335 e. The Bertz CT molecular complexity index is 770. The Morgan fingerprint density at radius 2 is 1.93 bits per heavy atom. The lowest BCUT2D eigenvalue weighted by molar-refractivity contribution is 0.0153. The summed E-state index contributed by atoms with van der Waals surface area (Å²) in [4.78, 5) is 10.9. The summed E-state index contributed by atoms with van der Waals surface area (Å²) in [5.41, 5.74) is 1.18. The van der Waals surface area contributed by atoms with E-state index in [9.17, 15) is 4.79 Å². The average molecular weight is 433 g/mol. The highest BCUT2D eigenvalue weighted by Gasteiger charge is 2.27. The first kappa shape index (κ1) is 21.8. The quantitative estimate of drug-likeness (QED) is 0.729. The molecule has 1 heterocycles. The van der Waals surface area contributed by atoms with Crippen LogP contribution in [0.1, 0.15) is 22.0 Å². The Balaban J connectivity index is 0.00000261. The van der Waals surface area contributed by atoms with Crippen molar-refractivity contribution in [1.82, 2.24) is 5.32 Å². The largest absolute Gasteiger partial charge is 0.493 e. The molecule has 0 amide bonds. The van der Waals surface area contributed by atoms with E-state index in [1.54, 1.807) is 18.2 Å². The minimum atomic E-state index is -0.961. The second-order valence-corrected chi connectivity index (χ2v) is 6.88. The standard InChI is InChI=1S/C19H19Cl2NO4.ClH/c20-16-6-3-13(9-17(16)21)18-14(10-22-7-8-25-18)11-26-15-4-1-12(2-5-15)19(23)24;/h1-6,9,14,18,22H,7-8,10-11H2,(H,23,24);1H/t14-,18+;/m1./s1. The third kappa shape index (κ3) is 5.74. The fourth-order valence-electron chi connectivity index (χ4n) is 2.89. The van der Waals surface area contributed by atoms with Crippen molar-refractivity contribution >= 4 is 41.6 Å². The van der Waals surface area contributed by atoms with Gasteiger partial charge in [-0.1, -0.05) is 29.3 Å². The molecule has 0 aromatic heterocycles. The normalized spacial score (nSPS) is 19.6. The number of benzene rings is 2. The van der Waals surface area contributed by atoms with Crippen molar-refractivity contribution in [3.8, 4) is 5.75 Å². The van der Waals surface area contributed by atoms with E-state index >= 15 is 0 Å². The SMILES string of the molecule is Cl.O=C(O)c1ccc(OC[C@H]2CNCCO[C@H]2c2ccc(Cl)c(Cl)c2)cc1. The summed E-state index contributed by atoms with van der Waals surface area (Å²) >= 11 is 12.2. The summed E-state index contributed by atoms with van der Waals surface area (Å²) < 4.78 is 11.9. The molecule has 1 aliphatic heterocycles. The van der Waals surface area contributed by atoms with Gasteiger partial charge in [0.2, 0.25) is 0 Å². The molecule has 3 rings (SSSR count). The Labute approximate surface area is 174 Å². The van der Waals surface area contributed by atoms with Crippen LogP contribution < -0.4 is 10.1 Å². The van der Waals surface area contributed by atoms with Crippen molar-refractivity contribution in [2.45, 2.75) is 6.10 Å². The van der Waals surface area contributed by atoms with E-state index < -0.39 is 5.97 Å². The Kier molecular flexibility index (Phi) is 8.20. The van der Waals surface area contributed by atoms with E-state index in [4.69, 9.17) is 37.8 Å². The predicted molar refractivity (Wildman–Crippen MR) is 108 cm³/mol. The zero-order chi connectivity index (χ0) is 18.5. The highest BCUT2D eigenvalue weighted by Crippen LogP contribution is 2.32. The van der Waals surface area contributed by atoms with Crippen LogP contribution >= 0.6 is 35.6 Å². The molecule has 1 saturated heterocycles. The summed E-state index contributed by atoms with van der Waals surface area (Å²) in [5.74, 6) is -0.279. The average Bonchev–Trinajstić information content (AvgIpc) is 2.88. The minimum Gasteiger partial charge on any atom is -0.493 e. The summed E-state index contributed by atoms with van der Waals surface area (Å²) in [6.07, 6.45) is -0.168. The van der Waals surface area contributed by atoms with Crippen LogP contribution in [0.3, 0.4) is 0 Å². The first-order valence-corrected chi connectivity index (χ1v) is 9.03. The van der Waals surface area contributed by atoms with Crippen molar-refractivity contribution in [2.24, 2.45) is 5.92 Å². The van der Waals surface area contributed by atoms with Gasteiger partial charge >= 0.3 is 5.97 Å². The van der Waals surface area contributed by atoms with Gasteiger partial charge < -0.3 is 19.9 Å².